The summed E-state index contributed by atoms with van der Waals surface area (Å²) in [4.78, 5) is 0. The summed E-state index contributed by atoms with van der Waals surface area (Å²) in [5.41, 5.74) is 0.826. The quantitative estimate of drug-likeness (QED) is 0.584. The van der Waals surface area contributed by atoms with Crippen LogP contribution in [0.25, 0.3) is 0 Å². The fourth-order valence-electron chi connectivity index (χ4n) is 1.16. The van der Waals surface area contributed by atoms with Crippen molar-refractivity contribution in [2.45, 2.75) is 6.10 Å². The first-order valence-corrected chi connectivity index (χ1v) is 6.65. The van der Waals surface area contributed by atoms with Gasteiger partial charge in [0.2, 0.25) is 0 Å². The van der Waals surface area contributed by atoms with Crippen molar-refractivity contribution in [3.05, 3.63) is 35.9 Å². The molecule has 0 heterocycles. The van der Waals surface area contributed by atoms with Crippen LogP contribution in [0.4, 0.5) is 0 Å². The molecule has 0 amide bonds. The van der Waals surface area contributed by atoms with E-state index in [4.69, 9.17) is 25.2 Å². The molecule has 6 heteroatoms. The summed E-state index contributed by atoms with van der Waals surface area (Å²) in [6, 6.07) is 9.25. The summed E-state index contributed by atoms with van der Waals surface area (Å²) in [7, 11) is -0.975. The van der Waals surface area contributed by atoms with Gasteiger partial charge in [-0.2, -0.15) is 0 Å². The number of hydrogen-bond acceptors (Lipinski definition) is 4. The monoisotopic (exact) mass is 264 g/mol. The maximum atomic E-state index is 11.8. The van der Waals surface area contributed by atoms with Crippen LogP contribution in [-0.4, -0.2) is 20.1 Å². The van der Waals surface area contributed by atoms with E-state index >= 15 is 0 Å². The molecule has 0 aliphatic rings. The van der Waals surface area contributed by atoms with E-state index in [1.54, 1.807) is 0 Å². The number of alkyl halides is 1. The second-order valence-electron chi connectivity index (χ2n) is 2.97. The lowest BCUT2D eigenvalue weighted by Crippen LogP contribution is -2.06. The van der Waals surface area contributed by atoms with E-state index in [-0.39, 0.29) is 5.88 Å². The molecule has 0 saturated carbocycles. The average molecular weight is 265 g/mol. The lowest BCUT2D eigenvalue weighted by molar-refractivity contribution is 0.115. The summed E-state index contributed by atoms with van der Waals surface area (Å²) < 4.78 is 26.4. The van der Waals surface area contributed by atoms with Gasteiger partial charge < -0.3 is 0 Å². The van der Waals surface area contributed by atoms with Crippen LogP contribution < -0.4 is 0 Å². The van der Waals surface area contributed by atoms with Crippen LogP contribution in [0.15, 0.2) is 30.3 Å². The molecule has 1 atom stereocenters. The number of rotatable bonds is 6. The van der Waals surface area contributed by atoms with Crippen molar-refractivity contribution < 1.29 is 18.1 Å². The van der Waals surface area contributed by atoms with Gasteiger partial charge in [-0.15, -0.1) is 11.6 Å². The largest absolute Gasteiger partial charge is 0.474 e. The first-order chi connectivity index (χ1) is 7.65. The Kier molecular flexibility index (Phi) is 5.46. The SMILES string of the molecule is COP(=O)(OC)O[C@@H](CCl)c1ccccc1. The van der Waals surface area contributed by atoms with Crippen LogP contribution in [-0.2, 0) is 18.1 Å². The minimum Gasteiger partial charge on any atom is -0.290 e. The minimum absolute atomic E-state index is 0.167. The highest BCUT2D eigenvalue weighted by Crippen LogP contribution is 2.51. The highest BCUT2D eigenvalue weighted by molar-refractivity contribution is 7.48. The van der Waals surface area contributed by atoms with E-state index in [1.807, 2.05) is 30.3 Å². The van der Waals surface area contributed by atoms with Crippen molar-refractivity contribution in [2.75, 3.05) is 20.1 Å². The van der Waals surface area contributed by atoms with Gasteiger partial charge in [0.05, 0.1) is 5.88 Å². The van der Waals surface area contributed by atoms with E-state index in [0.717, 1.165) is 5.56 Å². The first-order valence-electron chi connectivity index (χ1n) is 4.66. The summed E-state index contributed by atoms with van der Waals surface area (Å²) in [6.45, 7) is 0. The molecule has 0 aromatic heterocycles. The van der Waals surface area contributed by atoms with Crippen LogP contribution in [0.2, 0.25) is 0 Å². The van der Waals surface area contributed by atoms with Gasteiger partial charge in [0.25, 0.3) is 0 Å². The number of halogens is 1. The van der Waals surface area contributed by atoms with E-state index in [2.05, 4.69) is 0 Å². The predicted molar refractivity (Wildman–Crippen MR) is 62.6 cm³/mol. The third-order valence-electron chi connectivity index (χ3n) is 2.02. The van der Waals surface area contributed by atoms with Gasteiger partial charge in [0.1, 0.15) is 6.10 Å². The summed E-state index contributed by atoms with van der Waals surface area (Å²) in [5, 5.41) is 0. The zero-order valence-electron chi connectivity index (χ0n) is 9.13. The van der Waals surface area contributed by atoms with Crippen LogP contribution in [0, 0.1) is 0 Å². The Morgan fingerprint density at radius 1 is 1.25 bits per heavy atom. The maximum Gasteiger partial charge on any atom is 0.474 e. The Morgan fingerprint density at radius 2 is 1.81 bits per heavy atom. The Morgan fingerprint density at radius 3 is 2.25 bits per heavy atom. The van der Waals surface area contributed by atoms with Crippen molar-refractivity contribution in [1.82, 2.24) is 0 Å². The normalized spacial score (nSPS) is 13.7. The molecule has 0 fully saturated rings. The van der Waals surface area contributed by atoms with Gasteiger partial charge in [0.15, 0.2) is 0 Å². The summed E-state index contributed by atoms with van der Waals surface area (Å²) >= 11 is 5.76. The summed E-state index contributed by atoms with van der Waals surface area (Å²) in [6.07, 6.45) is -0.520. The van der Waals surface area contributed by atoms with Crippen molar-refractivity contribution in [3.8, 4) is 0 Å². The fraction of sp³-hybridized carbons (Fsp3) is 0.400. The van der Waals surface area contributed by atoms with E-state index < -0.39 is 13.9 Å². The lowest BCUT2D eigenvalue weighted by Gasteiger charge is -2.20. The first kappa shape index (κ1) is 13.7. The molecule has 1 aromatic carbocycles. The molecule has 1 rings (SSSR count). The molecule has 0 aliphatic carbocycles. The van der Waals surface area contributed by atoms with E-state index in [1.165, 1.54) is 14.2 Å². The van der Waals surface area contributed by atoms with Gasteiger partial charge in [-0.1, -0.05) is 30.3 Å². The molecule has 0 radical (unpaired) electrons. The van der Waals surface area contributed by atoms with Gasteiger partial charge >= 0.3 is 7.82 Å². The average Bonchev–Trinajstić information content (AvgIpc) is 2.36. The van der Waals surface area contributed by atoms with E-state index in [0.29, 0.717) is 0 Å². The minimum atomic E-state index is -3.50. The molecule has 0 unspecified atom stereocenters. The molecule has 0 spiro atoms. The molecule has 90 valence electrons. The van der Waals surface area contributed by atoms with Gasteiger partial charge in [-0.25, -0.2) is 4.57 Å². The zero-order chi connectivity index (χ0) is 12.0. The van der Waals surface area contributed by atoms with Crippen molar-refractivity contribution in [3.63, 3.8) is 0 Å². The molecule has 4 nitrogen and oxygen atoms in total. The van der Waals surface area contributed by atoms with Crippen molar-refractivity contribution >= 4 is 19.4 Å². The molecule has 1 aromatic rings. The second-order valence-corrected chi connectivity index (χ2v) is 5.12. The molecule has 0 saturated heterocycles. The molecule has 0 aliphatic heterocycles. The highest BCUT2D eigenvalue weighted by Gasteiger charge is 2.28. The Balaban J connectivity index is 2.81. The Labute approximate surface area is 100 Å². The predicted octanol–water partition coefficient (Wildman–Crippen LogP) is 3.38. The molecule has 0 bridgehead atoms. The molecule has 0 N–H and O–H groups in total. The second kappa shape index (κ2) is 6.38. The van der Waals surface area contributed by atoms with E-state index in [9.17, 15) is 4.57 Å². The zero-order valence-corrected chi connectivity index (χ0v) is 10.8. The van der Waals surface area contributed by atoms with Crippen molar-refractivity contribution in [1.29, 1.82) is 0 Å². The van der Waals surface area contributed by atoms with Crippen molar-refractivity contribution in [2.24, 2.45) is 0 Å². The topological polar surface area (TPSA) is 44.8 Å². The molecular formula is C10H14ClO4P. The number of phosphoric ester groups is 1. The third-order valence-corrected chi connectivity index (χ3v) is 3.70. The maximum absolute atomic E-state index is 11.8. The van der Waals surface area contributed by atoms with Crippen LogP contribution in [0.3, 0.4) is 0 Å². The summed E-state index contributed by atoms with van der Waals surface area (Å²) in [5.74, 6) is 0.167. The third kappa shape index (κ3) is 3.58. The number of phosphoric acid groups is 1. The van der Waals surface area contributed by atoms with Crippen LogP contribution in [0.1, 0.15) is 11.7 Å². The Hall–Kier alpha value is -0.380. The fourth-order valence-corrected chi connectivity index (χ4v) is 2.32. The number of hydrogen-bond donors (Lipinski definition) is 0. The smallest absolute Gasteiger partial charge is 0.290 e. The molecular weight excluding hydrogens is 251 g/mol. The number of benzene rings is 1. The van der Waals surface area contributed by atoms with Gasteiger partial charge in [-0.3, -0.25) is 13.6 Å². The lowest BCUT2D eigenvalue weighted by atomic mass is 10.1. The molecule has 16 heavy (non-hydrogen) atoms. The standard InChI is InChI=1S/C10H14ClO4P/c1-13-16(12,14-2)15-10(8-11)9-6-4-3-5-7-9/h3-7,10H,8H2,1-2H3/t10-/m0/s1. The van der Waals surface area contributed by atoms with Gasteiger partial charge in [0, 0.05) is 14.2 Å². The van der Waals surface area contributed by atoms with Crippen LogP contribution >= 0.6 is 19.4 Å². The Bertz CT molecular complexity index is 349. The van der Waals surface area contributed by atoms with Crippen LogP contribution in [0.5, 0.6) is 0 Å². The highest BCUT2D eigenvalue weighted by atomic mass is 35.5. The van der Waals surface area contributed by atoms with Gasteiger partial charge in [-0.05, 0) is 5.56 Å².